The third kappa shape index (κ3) is 4.88. The van der Waals surface area contributed by atoms with Crippen molar-refractivity contribution in [2.75, 3.05) is 5.75 Å². The molecule has 0 saturated heterocycles. The van der Waals surface area contributed by atoms with E-state index in [0.29, 0.717) is 0 Å². The van der Waals surface area contributed by atoms with E-state index in [9.17, 15) is 23.3 Å². The van der Waals surface area contributed by atoms with Crippen LogP contribution in [0.2, 0.25) is 0 Å². The Hall–Kier alpha value is -2.74. The molecule has 2 aromatic carbocycles. The Balaban J connectivity index is 1.89. The fourth-order valence-corrected chi connectivity index (χ4v) is 3.14. The van der Waals surface area contributed by atoms with Crippen LogP contribution < -0.4 is 0 Å². The Morgan fingerprint density at radius 1 is 1.04 bits per heavy atom. The van der Waals surface area contributed by atoms with Crippen LogP contribution in [0.5, 0.6) is 0 Å². The van der Waals surface area contributed by atoms with Gasteiger partial charge in [-0.15, -0.1) is 0 Å². The van der Waals surface area contributed by atoms with Crippen LogP contribution in [0.3, 0.4) is 0 Å². The van der Waals surface area contributed by atoms with Gasteiger partial charge in [0.15, 0.2) is 9.84 Å². The summed E-state index contributed by atoms with van der Waals surface area (Å²) >= 11 is 0. The number of ether oxygens (including phenoxy) is 1. The lowest BCUT2D eigenvalue weighted by molar-refractivity contribution is -0.384. The molecule has 0 heterocycles. The van der Waals surface area contributed by atoms with Crippen molar-refractivity contribution in [1.82, 2.24) is 0 Å². The number of carbonyl (C=O) groups is 1. The summed E-state index contributed by atoms with van der Waals surface area (Å²) in [5.74, 6) is -1.04. The van der Waals surface area contributed by atoms with Gasteiger partial charge in [-0.3, -0.25) is 14.9 Å². The van der Waals surface area contributed by atoms with Gasteiger partial charge in [0.2, 0.25) is 0 Å². The topological polar surface area (TPSA) is 104 Å². The predicted molar refractivity (Wildman–Crippen MR) is 86.0 cm³/mol. The largest absolute Gasteiger partial charge is 0.461 e. The second-order valence-corrected chi connectivity index (χ2v) is 7.08. The molecule has 126 valence electrons. The molecule has 7 nitrogen and oxygen atoms in total. The maximum absolute atomic E-state index is 12.1. The number of sulfone groups is 1. The van der Waals surface area contributed by atoms with Crippen molar-refractivity contribution in [2.45, 2.75) is 17.9 Å². The smallest absolute Gasteiger partial charge is 0.307 e. The van der Waals surface area contributed by atoms with E-state index >= 15 is 0 Å². The molecule has 0 amide bonds. The van der Waals surface area contributed by atoms with E-state index in [2.05, 4.69) is 0 Å². The molecule has 0 N–H and O–H groups in total. The Labute approximate surface area is 139 Å². The molecule has 0 saturated carbocycles. The molecule has 24 heavy (non-hydrogen) atoms. The van der Waals surface area contributed by atoms with Gasteiger partial charge in [-0.25, -0.2) is 8.42 Å². The Morgan fingerprint density at radius 3 is 2.25 bits per heavy atom. The first-order chi connectivity index (χ1) is 11.4. The molecule has 0 bridgehead atoms. The average Bonchev–Trinajstić information content (AvgIpc) is 2.59. The number of esters is 1. The van der Waals surface area contributed by atoms with Crippen LogP contribution in [0.25, 0.3) is 0 Å². The number of rotatable bonds is 7. The second-order valence-electron chi connectivity index (χ2n) is 4.97. The van der Waals surface area contributed by atoms with Gasteiger partial charge in [0, 0.05) is 12.1 Å². The SMILES string of the molecule is O=C(CCS(=O)(=O)c1ccc([N+](=O)[O-])cc1)OCc1ccccc1. The minimum absolute atomic E-state index is 0.0658. The average molecular weight is 349 g/mol. The van der Waals surface area contributed by atoms with E-state index < -0.39 is 26.5 Å². The Morgan fingerprint density at radius 2 is 1.67 bits per heavy atom. The molecule has 0 atom stereocenters. The maximum Gasteiger partial charge on any atom is 0.307 e. The molecule has 0 fully saturated rings. The molecule has 0 aliphatic heterocycles. The lowest BCUT2D eigenvalue weighted by atomic mass is 10.2. The third-order valence-electron chi connectivity index (χ3n) is 3.22. The fraction of sp³-hybridized carbons (Fsp3) is 0.188. The lowest BCUT2D eigenvalue weighted by Gasteiger charge is -2.06. The number of hydrogen-bond acceptors (Lipinski definition) is 6. The first-order valence-corrected chi connectivity index (χ1v) is 8.70. The summed E-state index contributed by atoms with van der Waals surface area (Å²) in [7, 11) is -3.70. The summed E-state index contributed by atoms with van der Waals surface area (Å²) in [5.41, 5.74) is 0.611. The molecule has 0 unspecified atom stereocenters. The fourth-order valence-electron chi connectivity index (χ4n) is 1.92. The highest BCUT2D eigenvalue weighted by Gasteiger charge is 2.18. The van der Waals surface area contributed by atoms with E-state index in [4.69, 9.17) is 4.74 Å². The first kappa shape index (κ1) is 17.6. The molecular formula is C16H15NO6S. The number of hydrogen-bond donors (Lipinski definition) is 0. The number of nitro groups is 1. The van der Waals surface area contributed by atoms with Crippen molar-refractivity contribution >= 4 is 21.5 Å². The number of benzene rings is 2. The predicted octanol–water partition coefficient (Wildman–Crippen LogP) is 2.50. The van der Waals surface area contributed by atoms with Crippen LogP contribution in [0.1, 0.15) is 12.0 Å². The summed E-state index contributed by atoms with van der Waals surface area (Å²) in [6.45, 7) is 0.0806. The summed E-state index contributed by atoms with van der Waals surface area (Å²) in [6.07, 6.45) is -0.286. The van der Waals surface area contributed by atoms with Crippen molar-refractivity contribution in [1.29, 1.82) is 0 Å². The van der Waals surface area contributed by atoms with Crippen molar-refractivity contribution in [3.05, 3.63) is 70.3 Å². The first-order valence-electron chi connectivity index (χ1n) is 7.05. The van der Waals surface area contributed by atoms with Gasteiger partial charge in [0.05, 0.1) is 22.0 Å². The monoisotopic (exact) mass is 349 g/mol. The zero-order chi connectivity index (χ0) is 17.6. The minimum Gasteiger partial charge on any atom is -0.461 e. The number of non-ortho nitro benzene ring substituents is 1. The number of nitrogens with zero attached hydrogens (tertiary/aromatic N) is 1. The molecule has 8 heteroatoms. The molecule has 0 aromatic heterocycles. The van der Waals surface area contributed by atoms with Gasteiger partial charge in [-0.1, -0.05) is 30.3 Å². The van der Waals surface area contributed by atoms with Crippen molar-refractivity contribution in [3.63, 3.8) is 0 Å². The number of nitro benzene ring substituents is 1. The summed E-state index contributed by atoms with van der Waals surface area (Å²) in [5, 5.41) is 10.6. The molecule has 2 aromatic rings. The molecular weight excluding hydrogens is 334 g/mol. The van der Waals surface area contributed by atoms with E-state index in [1.54, 1.807) is 12.1 Å². The van der Waals surface area contributed by atoms with Crippen molar-refractivity contribution in [2.24, 2.45) is 0 Å². The highest BCUT2D eigenvalue weighted by atomic mass is 32.2. The third-order valence-corrected chi connectivity index (χ3v) is 4.96. The normalized spacial score (nSPS) is 11.0. The maximum atomic E-state index is 12.1. The van der Waals surface area contributed by atoms with E-state index in [1.165, 1.54) is 0 Å². The zero-order valence-electron chi connectivity index (χ0n) is 12.6. The standard InChI is InChI=1S/C16H15NO6S/c18-16(23-12-13-4-2-1-3-5-13)10-11-24(21,22)15-8-6-14(7-9-15)17(19)20/h1-9H,10-12H2. The van der Waals surface area contributed by atoms with E-state index in [-0.39, 0.29) is 23.6 Å². The van der Waals surface area contributed by atoms with Gasteiger partial charge < -0.3 is 4.74 Å². The Kier molecular flexibility index (Phi) is 5.64. The molecule has 0 aliphatic rings. The second kappa shape index (κ2) is 7.69. The molecule has 2 rings (SSSR count). The van der Waals surface area contributed by atoms with Crippen molar-refractivity contribution < 1.29 is 22.9 Å². The van der Waals surface area contributed by atoms with Crippen molar-refractivity contribution in [3.8, 4) is 0 Å². The molecule has 0 radical (unpaired) electrons. The van der Waals surface area contributed by atoms with Gasteiger partial charge in [-0.05, 0) is 17.7 Å². The summed E-state index contributed by atoms with van der Waals surface area (Å²) < 4.78 is 29.2. The van der Waals surface area contributed by atoms with Crippen LogP contribution in [0.15, 0.2) is 59.5 Å². The van der Waals surface area contributed by atoms with Crippen LogP contribution in [-0.4, -0.2) is 25.1 Å². The number of carbonyl (C=O) groups excluding carboxylic acids is 1. The lowest BCUT2D eigenvalue weighted by Crippen LogP contribution is -2.13. The van der Waals surface area contributed by atoms with E-state index in [1.807, 2.05) is 18.2 Å². The van der Waals surface area contributed by atoms with Crippen LogP contribution in [0.4, 0.5) is 5.69 Å². The molecule has 0 aliphatic carbocycles. The van der Waals surface area contributed by atoms with Gasteiger partial charge in [0.1, 0.15) is 6.61 Å². The zero-order valence-corrected chi connectivity index (χ0v) is 13.4. The Bertz CT molecular complexity index is 815. The highest BCUT2D eigenvalue weighted by molar-refractivity contribution is 7.91. The van der Waals surface area contributed by atoms with Crippen LogP contribution in [-0.2, 0) is 26.0 Å². The van der Waals surface area contributed by atoms with Gasteiger partial charge >= 0.3 is 5.97 Å². The highest BCUT2D eigenvalue weighted by Crippen LogP contribution is 2.17. The van der Waals surface area contributed by atoms with Crippen LogP contribution >= 0.6 is 0 Å². The van der Waals surface area contributed by atoms with E-state index in [0.717, 1.165) is 29.8 Å². The van der Waals surface area contributed by atoms with Gasteiger partial charge in [-0.2, -0.15) is 0 Å². The van der Waals surface area contributed by atoms with Gasteiger partial charge in [0.25, 0.3) is 5.69 Å². The quantitative estimate of drug-likeness (QED) is 0.432. The summed E-state index contributed by atoms with van der Waals surface area (Å²) in [4.78, 5) is 21.5. The minimum atomic E-state index is -3.70. The van der Waals surface area contributed by atoms with Crippen LogP contribution in [0, 0.1) is 10.1 Å². The summed E-state index contributed by atoms with van der Waals surface area (Å²) in [6, 6.07) is 13.6. The molecule has 0 spiro atoms.